The number of benzene rings is 2. The van der Waals surface area contributed by atoms with Crippen LogP contribution in [0.4, 0.5) is 10.7 Å². The van der Waals surface area contributed by atoms with Crippen LogP contribution in [0.25, 0.3) is 0 Å². The number of anilines is 2. The van der Waals surface area contributed by atoms with E-state index in [0.717, 1.165) is 0 Å². The molecule has 0 radical (unpaired) electrons. The normalized spacial score (nSPS) is 10.9. The van der Waals surface area contributed by atoms with Gasteiger partial charge < -0.3 is 14.8 Å². The van der Waals surface area contributed by atoms with Crippen molar-refractivity contribution in [1.29, 1.82) is 0 Å². The summed E-state index contributed by atoms with van der Waals surface area (Å²) in [5, 5.41) is 4.64. The maximum atomic E-state index is 12.6. The molecule has 0 saturated heterocycles. The average Bonchev–Trinajstić information content (AvgIpc) is 3.21. The number of methoxy groups -OCH3 is 2. The second-order valence-electron chi connectivity index (χ2n) is 5.97. The summed E-state index contributed by atoms with van der Waals surface area (Å²) < 4.78 is 37.3. The zero-order valence-corrected chi connectivity index (χ0v) is 17.7. The minimum Gasteiger partial charge on any atom is -0.497 e. The molecule has 1 aromatic heterocycles. The molecule has 3 rings (SSSR count). The number of carbonyl (C=O) groups excluding carboxylic acids is 2. The summed E-state index contributed by atoms with van der Waals surface area (Å²) in [5.74, 6) is -0.520. The number of esters is 1. The van der Waals surface area contributed by atoms with E-state index in [0.29, 0.717) is 10.8 Å². The monoisotopic (exact) mass is 446 g/mol. The first kappa shape index (κ1) is 21.3. The van der Waals surface area contributed by atoms with Gasteiger partial charge in [0, 0.05) is 11.3 Å². The lowest BCUT2D eigenvalue weighted by Crippen LogP contribution is -2.16. The molecule has 0 spiro atoms. The number of hydrogen-bond donors (Lipinski definition) is 2. The highest BCUT2D eigenvalue weighted by Crippen LogP contribution is 2.25. The van der Waals surface area contributed by atoms with E-state index in [4.69, 9.17) is 4.74 Å². The standard InChI is InChI=1S/C20H18N2O6S2/c1-27-15-6-8-16(9-7-15)30(25,26)22-14-5-3-4-13(12-14)18(23)21-19-17(10-11-29-19)20(24)28-2/h3-12,22H,1-2H3,(H,21,23). The number of rotatable bonds is 7. The highest BCUT2D eigenvalue weighted by molar-refractivity contribution is 7.92. The van der Waals surface area contributed by atoms with E-state index in [1.807, 2.05) is 0 Å². The van der Waals surface area contributed by atoms with Crippen LogP contribution in [0.2, 0.25) is 0 Å². The summed E-state index contributed by atoms with van der Waals surface area (Å²) >= 11 is 1.18. The van der Waals surface area contributed by atoms with Crippen molar-refractivity contribution in [1.82, 2.24) is 0 Å². The molecule has 0 atom stereocenters. The van der Waals surface area contributed by atoms with E-state index >= 15 is 0 Å². The van der Waals surface area contributed by atoms with E-state index < -0.39 is 21.9 Å². The van der Waals surface area contributed by atoms with Gasteiger partial charge in [-0.3, -0.25) is 9.52 Å². The van der Waals surface area contributed by atoms with Crippen LogP contribution in [0.1, 0.15) is 20.7 Å². The summed E-state index contributed by atoms with van der Waals surface area (Å²) in [5.41, 5.74) is 0.680. The predicted octanol–water partition coefficient (Wildman–Crippen LogP) is 3.60. The summed E-state index contributed by atoms with van der Waals surface area (Å²) in [7, 11) is -1.11. The lowest BCUT2D eigenvalue weighted by molar-refractivity contribution is 0.0602. The minimum atomic E-state index is -3.85. The van der Waals surface area contributed by atoms with Gasteiger partial charge in [-0.2, -0.15) is 0 Å². The largest absolute Gasteiger partial charge is 0.497 e. The van der Waals surface area contributed by atoms with E-state index in [-0.39, 0.29) is 21.7 Å². The van der Waals surface area contributed by atoms with Crippen LogP contribution in [0.5, 0.6) is 5.75 Å². The van der Waals surface area contributed by atoms with Crippen molar-refractivity contribution in [3.8, 4) is 5.75 Å². The molecule has 1 amide bonds. The van der Waals surface area contributed by atoms with Crippen molar-refractivity contribution in [2.24, 2.45) is 0 Å². The van der Waals surface area contributed by atoms with Gasteiger partial charge in [-0.15, -0.1) is 11.3 Å². The molecule has 2 N–H and O–H groups in total. The second-order valence-corrected chi connectivity index (χ2v) is 8.57. The number of amides is 1. The Morgan fingerprint density at radius 2 is 1.73 bits per heavy atom. The third-order valence-corrected chi connectivity index (χ3v) is 6.27. The summed E-state index contributed by atoms with van der Waals surface area (Å²) in [6, 6.07) is 13.5. The topological polar surface area (TPSA) is 111 Å². The van der Waals surface area contributed by atoms with Gasteiger partial charge in [0.1, 0.15) is 10.8 Å². The van der Waals surface area contributed by atoms with Crippen LogP contribution in [-0.4, -0.2) is 34.5 Å². The molecule has 2 aromatic carbocycles. The fraction of sp³-hybridized carbons (Fsp3) is 0.100. The van der Waals surface area contributed by atoms with Crippen LogP contribution in [-0.2, 0) is 14.8 Å². The van der Waals surface area contributed by atoms with Crippen molar-refractivity contribution in [3.63, 3.8) is 0 Å². The van der Waals surface area contributed by atoms with E-state index in [9.17, 15) is 18.0 Å². The Morgan fingerprint density at radius 1 is 1.00 bits per heavy atom. The Labute approximate surface area is 177 Å². The summed E-state index contributed by atoms with van der Waals surface area (Å²) in [6.07, 6.45) is 0. The smallest absolute Gasteiger partial charge is 0.340 e. The number of sulfonamides is 1. The molecule has 0 bridgehead atoms. The first-order valence-electron chi connectivity index (χ1n) is 8.58. The van der Waals surface area contributed by atoms with Crippen LogP contribution in [0.3, 0.4) is 0 Å². The van der Waals surface area contributed by atoms with Gasteiger partial charge in [0.05, 0.1) is 24.7 Å². The number of carbonyl (C=O) groups is 2. The molecule has 8 nitrogen and oxygen atoms in total. The van der Waals surface area contributed by atoms with E-state index in [2.05, 4.69) is 14.8 Å². The van der Waals surface area contributed by atoms with Crippen molar-refractivity contribution < 1.29 is 27.5 Å². The number of nitrogens with one attached hydrogen (secondary N) is 2. The molecule has 0 saturated carbocycles. The van der Waals surface area contributed by atoms with Crippen LogP contribution >= 0.6 is 11.3 Å². The number of ether oxygens (including phenoxy) is 2. The van der Waals surface area contributed by atoms with Crippen molar-refractivity contribution in [2.75, 3.05) is 24.3 Å². The maximum absolute atomic E-state index is 12.6. The van der Waals surface area contributed by atoms with Crippen LogP contribution < -0.4 is 14.8 Å². The molecule has 0 fully saturated rings. The van der Waals surface area contributed by atoms with Crippen molar-refractivity contribution >= 4 is 43.9 Å². The number of hydrogen-bond acceptors (Lipinski definition) is 7. The molecule has 0 unspecified atom stereocenters. The molecule has 0 aliphatic rings. The quantitative estimate of drug-likeness (QED) is 0.537. The summed E-state index contributed by atoms with van der Waals surface area (Å²) in [4.78, 5) is 24.4. The van der Waals surface area contributed by atoms with Crippen molar-refractivity contribution in [2.45, 2.75) is 4.90 Å². The fourth-order valence-electron chi connectivity index (χ4n) is 2.54. The molecule has 0 aliphatic carbocycles. The lowest BCUT2D eigenvalue weighted by atomic mass is 10.2. The first-order chi connectivity index (χ1) is 14.3. The molecule has 156 valence electrons. The second kappa shape index (κ2) is 8.97. The minimum absolute atomic E-state index is 0.0551. The zero-order chi connectivity index (χ0) is 21.7. The highest BCUT2D eigenvalue weighted by atomic mass is 32.2. The Hall–Kier alpha value is -3.37. The third kappa shape index (κ3) is 4.78. The average molecular weight is 447 g/mol. The maximum Gasteiger partial charge on any atom is 0.340 e. The van der Waals surface area contributed by atoms with Crippen molar-refractivity contribution in [3.05, 3.63) is 71.1 Å². The van der Waals surface area contributed by atoms with Gasteiger partial charge >= 0.3 is 5.97 Å². The van der Waals surface area contributed by atoms with E-state index in [1.54, 1.807) is 29.6 Å². The van der Waals surface area contributed by atoms with Gasteiger partial charge in [0.25, 0.3) is 15.9 Å². The molecule has 10 heteroatoms. The molecule has 1 heterocycles. The first-order valence-corrected chi connectivity index (χ1v) is 10.9. The molecular formula is C20H18N2O6S2. The predicted molar refractivity (Wildman–Crippen MR) is 114 cm³/mol. The van der Waals surface area contributed by atoms with Crippen LogP contribution in [0, 0.1) is 0 Å². The molecule has 30 heavy (non-hydrogen) atoms. The van der Waals surface area contributed by atoms with Gasteiger partial charge in [0.15, 0.2) is 0 Å². The Morgan fingerprint density at radius 3 is 2.40 bits per heavy atom. The molecule has 0 aliphatic heterocycles. The Bertz CT molecular complexity index is 1170. The Kier molecular flexibility index (Phi) is 6.38. The Balaban J connectivity index is 1.78. The van der Waals surface area contributed by atoms with Gasteiger partial charge in [-0.05, 0) is 53.9 Å². The molecule has 3 aromatic rings. The fourth-order valence-corrected chi connectivity index (χ4v) is 4.36. The van der Waals surface area contributed by atoms with Gasteiger partial charge in [-0.1, -0.05) is 6.07 Å². The van der Waals surface area contributed by atoms with Gasteiger partial charge in [-0.25, -0.2) is 13.2 Å². The summed E-state index contributed by atoms with van der Waals surface area (Å²) in [6.45, 7) is 0. The lowest BCUT2D eigenvalue weighted by Gasteiger charge is -2.10. The zero-order valence-electron chi connectivity index (χ0n) is 16.0. The number of thiophene rings is 1. The SMILES string of the molecule is COC(=O)c1ccsc1NC(=O)c1cccc(NS(=O)(=O)c2ccc(OC)cc2)c1. The van der Waals surface area contributed by atoms with Gasteiger partial charge in [0.2, 0.25) is 0 Å². The third-order valence-electron chi connectivity index (χ3n) is 4.04. The van der Waals surface area contributed by atoms with E-state index in [1.165, 1.54) is 55.9 Å². The highest BCUT2D eigenvalue weighted by Gasteiger charge is 2.18. The van der Waals surface area contributed by atoms with Crippen LogP contribution in [0.15, 0.2) is 64.9 Å². The molecular weight excluding hydrogens is 428 g/mol.